The van der Waals surface area contributed by atoms with E-state index in [9.17, 15) is 18.3 Å². The summed E-state index contributed by atoms with van der Waals surface area (Å²) in [6, 6.07) is 9.89. The van der Waals surface area contributed by atoms with Crippen LogP contribution in [-0.4, -0.2) is 5.11 Å². The number of ether oxygens (including phenoxy) is 1. The molecule has 2 rings (SSSR count). The Balaban J connectivity index is 2.23. The molecule has 0 atom stereocenters. The number of phenolic OH excluding ortho intramolecular Hbond substituents is 1. The molecule has 2 aromatic carbocycles. The second-order valence-corrected chi connectivity index (χ2v) is 4.49. The summed E-state index contributed by atoms with van der Waals surface area (Å²) >= 11 is 0. The van der Waals surface area contributed by atoms with Crippen molar-refractivity contribution in [2.75, 3.05) is 0 Å². The Morgan fingerprint density at radius 3 is 2.43 bits per heavy atom. The third-order valence-corrected chi connectivity index (χ3v) is 2.89. The standard InChI is InChI=1S/C15H14F3NO2/c16-15(17,18)13-7-10(8-19)4-5-14(13)21-9-11-2-1-3-12(20)6-11/h1-7,20H,8-9,19H2. The molecule has 0 aliphatic rings. The Morgan fingerprint density at radius 2 is 1.81 bits per heavy atom. The summed E-state index contributed by atoms with van der Waals surface area (Å²) in [5.41, 5.74) is 5.46. The summed E-state index contributed by atoms with van der Waals surface area (Å²) < 4.78 is 44.2. The van der Waals surface area contributed by atoms with E-state index in [0.29, 0.717) is 11.1 Å². The van der Waals surface area contributed by atoms with Crippen molar-refractivity contribution < 1.29 is 23.0 Å². The van der Waals surface area contributed by atoms with Gasteiger partial charge >= 0.3 is 6.18 Å². The molecule has 3 nitrogen and oxygen atoms in total. The molecule has 6 heteroatoms. The van der Waals surface area contributed by atoms with Crippen molar-refractivity contribution in [1.82, 2.24) is 0 Å². The maximum atomic E-state index is 13.0. The highest BCUT2D eigenvalue weighted by atomic mass is 19.4. The molecule has 0 aliphatic heterocycles. The lowest BCUT2D eigenvalue weighted by Gasteiger charge is -2.15. The van der Waals surface area contributed by atoms with Crippen LogP contribution in [0.4, 0.5) is 13.2 Å². The Labute approximate surface area is 119 Å². The molecule has 0 heterocycles. The number of rotatable bonds is 4. The van der Waals surface area contributed by atoms with E-state index in [4.69, 9.17) is 10.5 Å². The Hall–Kier alpha value is -2.21. The molecular formula is C15H14F3NO2. The summed E-state index contributed by atoms with van der Waals surface area (Å²) in [4.78, 5) is 0. The zero-order chi connectivity index (χ0) is 15.5. The highest BCUT2D eigenvalue weighted by Crippen LogP contribution is 2.37. The fourth-order valence-corrected chi connectivity index (χ4v) is 1.86. The van der Waals surface area contributed by atoms with Crippen LogP contribution in [0, 0.1) is 0 Å². The number of benzene rings is 2. The predicted molar refractivity (Wildman–Crippen MR) is 71.8 cm³/mol. The number of alkyl halides is 3. The van der Waals surface area contributed by atoms with Crippen LogP contribution in [0.2, 0.25) is 0 Å². The second-order valence-electron chi connectivity index (χ2n) is 4.49. The number of aromatic hydroxyl groups is 1. The summed E-state index contributed by atoms with van der Waals surface area (Å²) in [7, 11) is 0. The van der Waals surface area contributed by atoms with Gasteiger partial charge in [-0.15, -0.1) is 0 Å². The Kier molecular flexibility index (Phi) is 4.37. The number of halogens is 3. The van der Waals surface area contributed by atoms with E-state index >= 15 is 0 Å². The molecule has 0 saturated carbocycles. The number of phenols is 1. The number of hydrogen-bond donors (Lipinski definition) is 2. The normalized spacial score (nSPS) is 11.4. The molecule has 0 aromatic heterocycles. The van der Waals surface area contributed by atoms with E-state index in [1.807, 2.05) is 0 Å². The van der Waals surface area contributed by atoms with Gasteiger partial charge in [-0.25, -0.2) is 0 Å². The molecule has 2 aromatic rings. The monoisotopic (exact) mass is 297 g/mol. The van der Waals surface area contributed by atoms with Crippen LogP contribution in [0.15, 0.2) is 42.5 Å². The van der Waals surface area contributed by atoms with Crippen molar-refractivity contribution >= 4 is 0 Å². The lowest BCUT2D eigenvalue weighted by atomic mass is 10.1. The third-order valence-electron chi connectivity index (χ3n) is 2.89. The van der Waals surface area contributed by atoms with Crippen molar-refractivity contribution in [3.8, 4) is 11.5 Å². The summed E-state index contributed by atoms with van der Waals surface area (Å²) in [6.45, 7) is -0.0463. The van der Waals surface area contributed by atoms with Crippen molar-refractivity contribution in [3.63, 3.8) is 0 Å². The molecule has 0 unspecified atom stereocenters. The molecule has 0 spiro atoms. The van der Waals surface area contributed by atoms with Crippen LogP contribution in [-0.2, 0) is 19.3 Å². The molecule has 0 aliphatic carbocycles. The van der Waals surface area contributed by atoms with Crippen LogP contribution >= 0.6 is 0 Å². The van der Waals surface area contributed by atoms with Crippen LogP contribution in [0.25, 0.3) is 0 Å². The molecule has 0 bridgehead atoms. The zero-order valence-electron chi connectivity index (χ0n) is 11.0. The first-order valence-electron chi connectivity index (χ1n) is 6.21. The molecule has 0 saturated heterocycles. The van der Waals surface area contributed by atoms with Gasteiger partial charge in [0.25, 0.3) is 0 Å². The van der Waals surface area contributed by atoms with Gasteiger partial charge in [0.2, 0.25) is 0 Å². The average Bonchev–Trinajstić information content (AvgIpc) is 2.44. The van der Waals surface area contributed by atoms with Crippen molar-refractivity contribution in [3.05, 3.63) is 59.2 Å². The molecule has 0 radical (unpaired) electrons. The highest BCUT2D eigenvalue weighted by molar-refractivity contribution is 5.39. The smallest absolute Gasteiger partial charge is 0.419 e. The Bertz CT molecular complexity index is 627. The SMILES string of the molecule is NCc1ccc(OCc2cccc(O)c2)c(C(F)(F)F)c1. The minimum Gasteiger partial charge on any atom is -0.508 e. The minimum atomic E-state index is -4.51. The molecule has 0 amide bonds. The summed E-state index contributed by atoms with van der Waals surface area (Å²) in [5, 5.41) is 9.31. The van der Waals surface area contributed by atoms with E-state index in [0.717, 1.165) is 6.07 Å². The molecule has 21 heavy (non-hydrogen) atoms. The topological polar surface area (TPSA) is 55.5 Å². The van der Waals surface area contributed by atoms with Gasteiger partial charge in [-0.05, 0) is 35.4 Å². The lowest BCUT2D eigenvalue weighted by Crippen LogP contribution is -2.10. The van der Waals surface area contributed by atoms with Crippen molar-refractivity contribution in [2.24, 2.45) is 5.73 Å². The Morgan fingerprint density at radius 1 is 1.05 bits per heavy atom. The molecule has 112 valence electrons. The van der Waals surface area contributed by atoms with Gasteiger partial charge in [0.15, 0.2) is 0 Å². The van der Waals surface area contributed by atoms with Gasteiger partial charge in [-0.1, -0.05) is 18.2 Å². The average molecular weight is 297 g/mol. The van der Waals surface area contributed by atoms with Gasteiger partial charge in [0.05, 0.1) is 5.56 Å². The summed E-state index contributed by atoms with van der Waals surface area (Å²) in [5.74, 6) is -0.228. The van der Waals surface area contributed by atoms with E-state index in [2.05, 4.69) is 0 Å². The van der Waals surface area contributed by atoms with Crippen molar-refractivity contribution in [2.45, 2.75) is 19.3 Å². The zero-order valence-corrected chi connectivity index (χ0v) is 11.0. The third kappa shape index (κ3) is 3.88. The fraction of sp³-hybridized carbons (Fsp3) is 0.200. The van der Waals surface area contributed by atoms with Crippen LogP contribution in [0.1, 0.15) is 16.7 Å². The van der Waals surface area contributed by atoms with Gasteiger partial charge in [0, 0.05) is 6.54 Å². The van der Waals surface area contributed by atoms with E-state index in [1.165, 1.54) is 24.3 Å². The minimum absolute atomic E-state index is 0.0237. The number of hydrogen-bond acceptors (Lipinski definition) is 3. The number of nitrogens with two attached hydrogens (primary N) is 1. The quantitative estimate of drug-likeness (QED) is 0.908. The molecule has 0 fully saturated rings. The van der Waals surface area contributed by atoms with Gasteiger partial charge in [-0.3, -0.25) is 0 Å². The second kappa shape index (κ2) is 6.05. The van der Waals surface area contributed by atoms with Gasteiger partial charge in [-0.2, -0.15) is 13.2 Å². The predicted octanol–water partition coefficient (Wildman–Crippen LogP) is 3.45. The molecule has 3 N–H and O–H groups in total. The van der Waals surface area contributed by atoms with Gasteiger partial charge in [0.1, 0.15) is 18.1 Å². The van der Waals surface area contributed by atoms with E-state index < -0.39 is 11.7 Å². The summed E-state index contributed by atoms with van der Waals surface area (Å²) in [6.07, 6.45) is -4.51. The van der Waals surface area contributed by atoms with Crippen LogP contribution in [0.5, 0.6) is 11.5 Å². The van der Waals surface area contributed by atoms with Gasteiger partial charge < -0.3 is 15.6 Å². The van der Waals surface area contributed by atoms with Crippen LogP contribution in [0.3, 0.4) is 0 Å². The van der Waals surface area contributed by atoms with E-state index in [-0.39, 0.29) is 24.7 Å². The highest BCUT2D eigenvalue weighted by Gasteiger charge is 2.34. The maximum Gasteiger partial charge on any atom is 0.419 e. The first-order valence-corrected chi connectivity index (χ1v) is 6.21. The van der Waals surface area contributed by atoms with Crippen molar-refractivity contribution in [1.29, 1.82) is 0 Å². The first kappa shape index (κ1) is 15.2. The largest absolute Gasteiger partial charge is 0.508 e. The first-order chi connectivity index (χ1) is 9.90. The molecular weight excluding hydrogens is 283 g/mol. The lowest BCUT2D eigenvalue weighted by molar-refractivity contribution is -0.139. The maximum absolute atomic E-state index is 13.0. The van der Waals surface area contributed by atoms with Crippen LogP contribution < -0.4 is 10.5 Å². The van der Waals surface area contributed by atoms with E-state index in [1.54, 1.807) is 12.1 Å². The fourth-order valence-electron chi connectivity index (χ4n) is 1.86.